The number of anilines is 2. The molecule has 1 N–H and O–H groups in total. The van der Waals surface area contributed by atoms with Crippen molar-refractivity contribution >= 4 is 52.0 Å². The first kappa shape index (κ1) is 20.1. The predicted molar refractivity (Wildman–Crippen MR) is 112 cm³/mol. The molecule has 1 heterocycles. The van der Waals surface area contributed by atoms with E-state index in [9.17, 15) is 18.4 Å². The summed E-state index contributed by atoms with van der Waals surface area (Å²) in [7, 11) is 0. The molecule has 4 rings (SSSR count). The Balaban J connectivity index is 1.82. The fourth-order valence-corrected chi connectivity index (χ4v) is 3.32. The number of halogens is 4. The van der Waals surface area contributed by atoms with Crippen LogP contribution >= 0.6 is 23.2 Å². The van der Waals surface area contributed by atoms with Crippen LogP contribution in [0.15, 0.2) is 72.4 Å². The monoisotopic (exact) mass is 444 g/mol. The topological polar surface area (TPSA) is 49.4 Å². The van der Waals surface area contributed by atoms with Crippen LogP contribution in [0.3, 0.4) is 0 Å². The Labute approximate surface area is 180 Å². The summed E-state index contributed by atoms with van der Waals surface area (Å²) in [6.07, 6.45) is 0. The summed E-state index contributed by atoms with van der Waals surface area (Å²) in [5.74, 6) is -3.32. The molecule has 0 atom stereocenters. The molecule has 0 aromatic heterocycles. The number of nitrogens with one attached hydrogen (secondary N) is 1. The summed E-state index contributed by atoms with van der Waals surface area (Å²) < 4.78 is 26.9. The van der Waals surface area contributed by atoms with Gasteiger partial charge in [0.1, 0.15) is 5.70 Å². The second-order valence-corrected chi connectivity index (χ2v) is 7.31. The van der Waals surface area contributed by atoms with Crippen molar-refractivity contribution in [3.05, 3.63) is 99.7 Å². The number of rotatable bonds is 4. The lowest BCUT2D eigenvalue weighted by molar-refractivity contribution is -0.120. The molecule has 0 radical (unpaired) electrons. The van der Waals surface area contributed by atoms with Crippen molar-refractivity contribution in [1.29, 1.82) is 0 Å². The molecule has 4 nitrogen and oxygen atoms in total. The molecule has 8 heteroatoms. The van der Waals surface area contributed by atoms with E-state index in [1.54, 1.807) is 36.4 Å². The van der Waals surface area contributed by atoms with Gasteiger partial charge in [0, 0.05) is 21.8 Å². The van der Waals surface area contributed by atoms with Gasteiger partial charge in [0.15, 0.2) is 11.6 Å². The number of nitrogens with zero attached hydrogens (tertiary/aromatic N) is 1. The van der Waals surface area contributed by atoms with Crippen molar-refractivity contribution in [3.63, 3.8) is 0 Å². The SMILES string of the molecule is O=C1C(Nc2ccc(F)c(F)c2)=C(c2ccc(Cl)cc2)C(=O)N1c1ccc(Cl)cc1. The standard InChI is InChI=1S/C22H12Cl2F2N2O2/c23-13-3-1-12(2-4-13)19-20(27-15-7-10-17(25)18(26)11-15)22(30)28(21(19)29)16-8-5-14(24)6-9-16/h1-11,27H. The molecule has 0 bridgehead atoms. The first-order chi connectivity index (χ1) is 14.3. The maximum atomic E-state index is 13.7. The number of hydrogen-bond acceptors (Lipinski definition) is 3. The first-order valence-corrected chi connectivity index (χ1v) is 9.47. The van der Waals surface area contributed by atoms with E-state index >= 15 is 0 Å². The van der Waals surface area contributed by atoms with E-state index in [4.69, 9.17) is 23.2 Å². The van der Waals surface area contributed by atoms with Crippen LogP contribution in [-0.4, -0.2) is 11.8 Å². The van der Waals surface area contributed by atoms with Crippen molar-refractivity contribution in [2.75, 3.05) is 10.2 Å². The van der Waals surface area contributed by atoms with Crippen molar-refractivity contribution in [2.24, 2.45) is 0 Å². The number of benzene rings is 3. The summed E-state index contributed by atoms with van der Waals surface area (Å²) in [5.41, 5.74) is 0.899. The molecule has 0 spiro atoms. The second kappa shape index (κ2) is 7.89. The van der Waals surface area contributed by atoms with Crippen LogP contribution in [0.2, 0.25) is 10.0 Å². The smallest absolute Gasteiger partial charge is 0.282 e. The lowest BCUT2D eigenvalue weighted by atomic mass is 10.0. The molecule has 0 unspecified atom stereocenters. The lowest BCUT2D eigenvalue weighted by Crippen LogP contribution is -2.32. The van der Waals surface area contributed by atoms with Gasteiger partial charge in [0.25, 0.3) is 11.8 Å². The van der Waals surface area contributed by atoms with E-state index in [1.807, 2.05) is 0 Å². The molecule has 2 amide bonds. The molecule has 1 aliphatic rings. The highest BCUT2D eigenvalue weighted by molar-refractivity contribution is 6.46. The third-order valence-electron chi connectivity index (χ3n) is 4.49. The molecule has 0 saturated heterocycles. The van der Waals surface area contributed by atoms with E-state index in [1.165, 1.54) is 18.2 Å². The molecule has 1 aliphatic heterocycles. The van der Waals surface area contributed by atoms with E-state index in [0.717, 1.165) is 17.0 Å². The van der Waals surface area contributed by atoms with Crippen molar-refractivity contribution < 1.29 is 18.4 Å². The Morgan fingerprint density at radius 2 is 1.33 bits per heavy atom. The fraction of sp³-hybridized carbons (Fsp3) is 0. The molecule has 3 aromatic rings. The van der Waals surface area contributed by atoms with Crippen LogP contribution in [0.4, 0.5) is 20.2 Å². The Morgan fingerprint density at radius 3 is 1.93 bits per heavy atom. The minimum absolute atomic E-state index is 0.0664. The largest absolute Gasteiger partial charge is 0.350 e. The highest BCUT2D eigenvalue weighted by Crippen LogP contribution is 2.34. The third kappa shape index (κ3) is 3.67. The predicted octanol–water partition coefficient (Wildman–Crippen LogP) is 5.67. The minimum atomic E-state index is -1.08. The van der Waals surface area contributed by atoms with Crippen molar-refractivity contribution in [2.45, 2.75) is 0 Å². The summed E-state index contributed by atoms with van der Waals surface area (Å²) in [6.45, 7) is 0. The van der Waals surface area contributed by atoms with E-state index in [-0.39, 0.29) is 17.0 Å². The van der Waals surface area contributed by atoms with Gasteiger partial charge in [-0.3, -0.25) is 9.59 Å². The summed E-state index contributed by atoms with van der Waals surface area (Å²) in [6, 6.07) is 15.7. The van der Waals surface area contributed by atoms with Gasteiger partial charge in [0.2, 0.25) is 0 Å². The zero-order valence-electron chi connectivity index (χ0n) is 15.1. The van der Waals surface area contributed by atoms with E-state index in [2.05, 4.69) is 5.32 Å². The molecule has 30 heavy (non-hydrogen) atoms. The maximum Gasteiger partial charge on any atom is 0.282 e. The van der Waals surface area contributed by atoms with Gasteiger partial charge in [0.05, 0.1) is 11.3 Å². The normalized spacial score (nSPS) is 13.9. The lowest BCUT2D eigenvalue weighted by Gasteiger charge is -2.15. The number of amides is 2. The van der Waals surface area contributed by atoms with Crippen LogP contribution in [0, 0.1) is 11.6 Å². The summed E-state index contributed by atoms with van der Waals surface area (Å²) in [5, 5.41) is 3.67. The molecule has 3 aromatic carbocycles. The number of carbonyl (C=O) groups excluding carboxylic acids is 2. The quantitative estimate of drug-likeness (QED) is 0.527. The average molecular weight is 445 g/mol. The fourth-order valence-electron chi connectivity index (χ4n) is 3.07. The van der Waals surface area contributed by atoms with Gasteiger partial charge in [-0.25, -0.2) is 13.7 Å². The maximum absolute atomic E-state index is 13.7. The minimum Gasteiger partial charge on any atom is -0.350 e. The Hall–Kier alpha value is -3.22. The van der Waals surface area contributed by atoms with Gasteiger partial charge in [-0.2, -0.15) is 0 Å². The van der Waals surface area contributed by atoms with Crippen LogP contribution in [0.1, 0.15) is 5.56 Å². The molecular weight excluding hydrogens is 433 g/mol. The van der Waals surface area contributed by atoms with Crippen LogP contribution in [0.5, 0.6) is 0 Å². The van der Waals surface area contributed by atoms with E-state index < -0.39 is 23.4 Å². The van der Waals surface area contributed by atoms with Gasteiger partial charge >= 0.3 is 0 Å². The molecule has 0 aliphatic carbocycles. The van der Waals surface area contributed by atoms with Gasteiger partial charge in [-0.1, -0.05) is 35.3 Å². The molecule has 150 valence electrons. The highest BCUT2D eigenvalue weighted by atomic mass is 35.5. The Morgan fingerprint density at radius 1 is 0.733 bits per heavy atom. The zero-order chi connectivity index (χ0) is 21.4. The molecule has 0 saturated carbocycles. The summed E-state index contributed by atoms with van der Waals surface area (Å²) in [4.78, 5) is 27.4. The highest BCUT2D eigenvalue weighted by Gasteiger charge is 2.40. The van der Waals surface area contributed by atoms with Crippen LogP contribution in [0.25, 0.3) is 5.57 Å². The average Bonchev–Trinajstić information content (AvgIpc) is 2.96. The molecule has 0 fully saturated rings. The third-order valence-corrected chi connectivity index (χ3v) is 4.99. The summed E-state index contributed by atoms with van der Waals surface area (Å²) >= 11 is 11.8. The Bertz CT molecular complexity index is 1190. The van der Waals surface area contributed by atoms with Crippen molar-refractivity contribution in [1.82, 2.24) is 0 Å². The van der Waals surface area contributed by atoms with Crippen molar-refractivity contribution in [3.8, 4) is 0 Å². The second-order valence-electron chi connectivity index (χ2n) is 6.43. The number of carbonyl (C=O) groups is 2. The van der Waals surface area contributed by atoms with Gasteiger partial charge in [-0.05, 0) is 54.1 Å². The number of hydrogen-bond donors (Lipinski definition) is 1. The first-order valence-electron chi connectivity index (χ1n) is 8.72. The zero-order valence-corrected chi connectivity index (χ0v) is 16.6. The van der Waals surface area contributed by atoms with Gasteiger partial charge in [-0.15, -0.1) is 0 Å². The number of imide groups is 1. The Kier molecular flexibility index (Phi) is 5.28. The van der Waals surface area contributed by atoms with E-state index in [0.29, 0.717) is 21.3 Å². The van der Waals surface area contributed by atoms with Crippen LogP contribution in [-0.2, 0) is 9.59 Å². The van der Waals surface area contributed by atoms with Gasteiger partial charge < -0.3 is 5.32 Å². The molecular formula is C22H12Cl2F2N2O2. The van der Waals surface area contributed by atoms with Crippen LogP contribution < -0.4 is 10.2 Å².